The summed E-state index contributed by atoms with van der Waals surface area (Å²) in [6.07, 6.45) is 6.50. The lowest BCUT2D eigenvalue weighted by molar-refractivity contribution is 0.629. The number of nitrogens with zero attached hydrogens (tertiary/aromatic N) is 3. The fourth-order valence-corrected chi connectivity index (χ4v) is 3.09. The molecule has 20 heavy (non-hydrogen) atoms. The van der Waals surface area contributed by atoms with E-state index in [0.29, 0.717) is 6.04 Å². The highest BCUT2D eigenvalue weighted by Crippen LogP contribution is 2.29. The molecule has 4 nitrogen and oxygen atoms in total. The molecule has 2 N–H and O–H groups in total. The van der Waals surface area contributed by atoms with Crippen LogP contribution in [-0.2, 0) is 6.42 Å². The summed E-state index contributed by atoms with van der Waals surface area (Å²) in [6, 6.07) is 6.96. The first-order valence-electron chi connectivity index (χ1n) is 7.69. The van der Waals surface area contributed by atoms with Crippen LogP contribution < -0.4 is 10.6 Å². The fourth-order valence-electron chi connectivity index (χ4n) is 3.09. The first kappa shape index (κ1) is 13.4. The normalized spacial score (nSPS) is 20.8. The summed E-state index contributed by atoms with van der Waals surface area (Å²) < 4.78 is 2.20. The first-order chi connectivity index (χ1) is 9.70. The molecule has 1 aliphatic heterocycles. The summed E-state index contributed by atoms with van der Waals surface area (Å²) in [4.78, 5) is 7.31. The van der Waals surface area contributed by atoms with Gasteiger partial charge in [-0.2, -0.15) is 0 Å². The number of fused-ring (bicyclic) bond motifs is 1. The van der Waals surface area contributed by atoms with Crippen molar-refractivity contribution in [3.8, 4) is 0 Å². The lowest BCUT2D eigenvalue weighted by Gasteiger charge is -2.23. The standard InChI is InChI=1S/C16H24N4/c1-3-13(17)11-14-16(19-10-6-7-12(19)2)18-15-8-4-5-9-20(14)15/h4-5,8-9,12-13H,3,6-7,10-11,17H2,1-2H3. The van der Waals surface area contributed by atoms with Crippen LogP contribution in [0.2, 0.25) is 0 Å². The minimum atomic E-state index is 0.201. The summed E-state index contributed by atoms with van der Waals surface area (Å²) >= 11 is 0. The smallest absolute Gasteiger partial charge is 0.151 e. The Kier molecular flexibility index (Phi) is 3.66. The fraction of sp³-hybridized carbons (Fsp3) is 0.562. The van der Waals surface area contributed by atoms with Crippen LogP contribution in [0.3, 0.4) is 0 Å². The van der Waals surface area contributed by atoms with E-state index in [1.54, 1.807) is 0 Å². The van der Waals surface area contributed by atoms with E-state index in [0.717, 1.165) is 30.9 Å². The zero-order valence-electron chi connectivity index (χ0n) is 12.4. The SMILES string of the molecule is CCC(N)Cc1c(N2CCCC2C)nc2ccccn12. The molecule has 3 rings (SSSR count). The van der Waals surface area contributed by atoms with Crippen LogP contribution in [0.25, 0.3) is 5.65 Å². The van der Waals surface area contributed by atoms with Gasteiger partial charge >= 0.3 is 0 Å². The average Bonchev–Trinajstić information content (AvgIpc) is 3.03. The second-order valence-electron chi connectivity index (χ2n) is 5.87. The van der Waals surface area contributed by atoms with Crippen LogP contribution in [0.4, 0.5) is 5.82 Å². The van der Waals surface area contributed by atoms with E-state index in [-0.39, 0.29) is 6.04 Å². The third-order valence-corrected chi connectivity index (χ3v) is 4.41. The molecule has 108 valence electrons. The number of hydrogen-bond donors (Lipinski definition) is 1. The van der Waals surface area contributed by atoms with Crippen molar-refractivity contribution in [2.45, 2.75) is 51.6 Å². The number of anilines is 1. The van der Waals surface area contributed by atoms with Crippen molar-refractivity contribution < 1.29 is 0 Å². The Morgan fingerprint density at radius 1 is 1.45 bits per heavy atom. The highest BCUT2D eigenvalue weighted by Gasteiger charge is 2.26. The monoisotopic (exact) mass is 272 g/mol. The number of nitrogens with two attached hydrogens (primary N) is 1. The van der Waals surface area contributed by atoms with Crippen LogP contribution in [0.15, 0.2) is 24.4 Å². The number of hydrogen-bond acceptors (Lipinski definition) is 3. The van der Waals surface area contributed by atoms with Crippen molar-refractivity contribution in [1.82, 2.24) is 9.38 Å². The van der Waals surface area contributed by atoms with E-state index in [1.165, 1.54) is 18.5 Å². The molecule has 1 saturated heterocycles. The molecule has 0 amide bonds. The molecule has 0 saturated carbocycles. The van der Waals surface area contributed by atoms with E-state index in [4.69, 9.17) is 10.7 Å². The largest absolute Gasteiger partial charge is 0.352 e. The summed E-state index contributed by atoms with van der Waals surface area (Å²) in [5, 5.41) is 0. The van der Waals surface area contributed by atoms with Gasteiger partial charge in [0.1, 0.15) is 5.65 Å². The van der Waals surface area contributed by atoms with E-state index >= 15 is 0 Å². The molecule has 2 atom stereocenters. The van der Waals surface area contributed by atoms with Gasteiger partial charge in [-0.05, 0) is 38.3 Å². The van der Waals surface area contributed by atoms with Crippen LogP contribution in [0.1, 0.15) is 38.8 Å². The molecule has 2 aromatic heterocycles. The molecule has 1 aliphatic rings. The van der Waals surface area contributed by atoms with Crippen LogP contribution >= 0.6 is 0 Å². The van der Waals surface area contributed by atoms with Gasteiger partial charge in [0.2, 0.25) is 0 Å². The van der Waals surface area contributed by atoms with E-state index in [9.17, 15) is 0 Å². The van der Waals surface area contributed by atoms with Crippen LogP contribution in [-0.4, -0.2) is 28.0 Å². The molecular formula is C16H24N4. The lowest BCUT2D eigenvalue weighted by atomic mass is 10.1. The summed E-state index contributed by atoms with van der Waals surface area (Å²) in [7, 11) is 0. The van der Waals surface area contributed by atoms with Gasteiger partial charge in [-0.1, -0.05) is 13.0 Å². The van der Waals surface area contributed by atoms with Gasteiger partial charge in [-0.15, -0.1) is 0 Å². The summed E-state index contributed by atoms with van der Waals surface area (Å²) in [5.74, 6) is 1.14. The second kappa shape index (κ2) is 5.44. The van der Waals surface area contributed by atoms with E-state index < -0.39 is 0 Å². The van der Waals surface area contributed by atoms with Gasteiger partial charge in [0.25, 0.3) is 0 Å². The predicted octanol–water partition coefficient (Wildman–Crippen LogP) is 2.60. The van der Waals surface area contributed by atoms with Crippen molar-refractivity contribution in [2.24, 2.45) is 5.73 Å². The molecule has 2 aromatic rings. The average molecular weight is 272 g/mol. The van der Waals surface area contributed by atoms with E-state index in [1.807, 2.05) is 6.07 Å². The number of aromatic nitrogens is 2. The predicted molar refractivity (Wildman–Crippen MR) is 83.2 cm³/mol. The third kappa shape index (κ3) is 2.29. The van der Waals surface area contributed by atoms with Gasteiger partial charge in [0.05, 0.1) is 5.69 Å². The number of imidazole rings is 1. The van der Waals surface area contributed by atoms with Crippen molar-refractivity contribution >= 4 is 11.5 Å². The van der Waals surface area contributed by atoms with E-state index in [2.05, 4.69) is 41.5 Å². The Morgan fingerprint density at radius 3 is 3.00 bits per heavy atom. The van der Waals surface area contributed by atoms with Gasteiger partial charge in [0.15, 0.2) is 5.82 Å². The van der Waals surface area contributed by atoms with Gasteiger partial charge < -0.3 is 15.0 Å². The Bertz CT molecular complexity index is 589. The first-order valence-corrected chi connectivity index (χ1v) is 7.69. The highest BCUT2D eigenvalue weighted by atomic mass is 15.3. The molecule has 0 bridgehead atoms. The maximum Gasteiger partial charge on any atom is 0.151 e. The third-order valence-electron chi connectivity index (χ3n) is 4.41. The number of rotatable bonds is 4. The van der Waals surface area contributed by atoms with Gasteiger partial charge in [0, 0.05) is 31.2 Å². The Balaban J connectivity index is 2.07. The minimum Gasteiger partial charge on any atom is -0.352 e. The second-order valence-corrected chi connectivity index (χ2v) is 5.87. The molecule has 0 aliphatic carbocycles. The quantitative estimate of drug-likeness (QED) is 0.930. The minimum absolute atomic E-state index is 0.201. The molecule has 4 heteroatoms. The van der Waals surface area contributed by atoms with Crippen molar-refractivity contribution in [3.63, 3.8) is 0 Å². The van der Waals surface area contributed by atoms with Gasteiger partial charge in [-0.25, -0.2) is 4.98 Å². The molecule has 0 spiro atoms. The Labute approximate surface area is 120 Å². The highest BCUT2D eigenvalue weighted by molar-refractivity contribution is 5.57. The molecule has 0 aromatic carbocycles. The zero-order chi connectivity index (χ0) is 14.1. The number of pyridine rings is 1. The molecule has 3 heterocycles. The van der Waals surface area contributed by atoms with Crippen LogP contribution in [0, 0.1) is 0 Å². The van der Waals surface area contributed by atoms with Crippen molar-refractivity contribution in [2.75, 3.05) is 11.4 Å². The maximum atomic E-state index is 6.20. The topological polar surface area (TPSA) is 46.6 Å². The van der Waals surface area contributed by atoms with Crippen LogP contribution in [0.5, 0.6) is 0 Å². The van der Waals surface area contributed by atoms with Crippen molar-refractivity contribution in [3.05, 3.63) is 30.1 Å². The van der Waals surface area contributed by atoms with Crippen molar-refractivity contribution in [1.29, 1.82) is 0 Å². The zero-order valence-corrected chi connectivity index (χ0v) is 12.4. The molecular weight excluding hydrogens is 248 g/mol. The maximum absolute atomic E-state index is 6.20. The molecule has 1 fully saturated rings. The Hall–Kier alpha value is -1.55. The summed E-state index contributed by atoms with van der Waals surface area (Å²) in [6.45, 7) is 5.55. The lowest BCUT2D eigenvalue weighted by Crippen LogP contribution is -2.29. The summed E-state index contributed by atoms with van der Waals surface area (Å²) in [5.41, 5.74) is 8.49. The molecule has 0 radical (unpaired) electrons. The Morgan fingerprint density at radius 2 is 2.30 bits per heavy atom. The van der Waals surface area contributed by atoms with Gasteiger partial charge in [-0.3, -0.25) is 0 Å². The molecule has 2 unspecified atom stereocenters.